The minimum Gasteiger partial charge on any atom is -0.496 e. The van der Waals surface area contributed by atoms with Gasteiger partial charge in [0.2, 0.25) is 0 Å². The Morgan fingerprint density at radius 1 is 1.24 bits per heavy atom. The molecule has 1 amide bonds. The summed E-state index contributed by atoms with van der Waals surface area (Å²) < 4.78 is 12.5. The highest BCUT2D eigenvalue weighted by Crippen LogP contribution is 2.34. The molecule has 0 saturated heterocycles. The number of para-hydroxylation sites is 1. The predicted octanol–water partition coefficient (Wildman–Crippen LogP) is 5.45. The molecule has 0 spiro atoms. The van der Waals surface area contributed by atoms with E-state index in [1.54, 1.807) is 44.1 Å². The van der Waals surface area contributed by atoms with E-state index >= 15 is 0 Å². The molecule has 0 radical (unpaired) electrons. The largest absolute Gasteiger partial charge is 0.496 e. The average Bonchev–Trinajstić information content (AvgIpc) is 3.28. The number of fused-ring (bicyclic) bond motifs is 1. The summed E-state index contributed by atoms with van der Waals surface area (Å²) in [5.74, 6) is 1.94. The van der Waals surface area contributed by atoms with E-state index in [9.17, 15) is 4.79 Å². The number of aryl methyl sites for hydroxylation is 2. The normalized spacial score (nSPS) is 11.0. The number of ether oxygens (including phenoxy) is 1. The number of benzene rings is 2. The maximum Gasteiger partial charge on any atom is 0.261 e. The standard InChI is InChI=1S/C21H19N3O3S2/c1-12-19(13(2)27-24-12)20(25)22-15-8-9-16-18(10-15)29-21(23-16)28-11-14-6-4-5-7-17(14)26-3/h4-10H,11H2,1-3H3,(H,22,25). The Hall–Kier alpha value is -2.84. The third-order valence-corrected chi connectivity index (χ3v) is 6.64. The van der Waals surface area contributed by atoms with Crippen molar-refractivity contribution in [2.45, 2.75) is 23.9 Å². The minimum absolute atomic E-state index is 0.226. The molecule has 0 saturated carbocycles. The van der Waals surface area contributed by atoms with Gasteiger partial charge in [-0.2, -0.15) is 0 Å². The fourth-order valence-electron chi connectivity index (χ4n) is 3.01. The van der Waals surface area contributed by atoms with Crippen molar-refractivity contribution in [2.24, 2.45) is 0 Å². The number of amides is 1. The van der Waals surface area contributed by atoms with Crippen molar-refractivity contribution >= 4 is 44.9 Å². The number of rotatable bonds is 6. The zero-order chi connectivity index (χ0) is 20.4. The number of carbonyl (C=O) groups is 1. The van der Waals surface area contributed by atoms with Gasteiger partial charge in [-0.05, 0) is 38.1 Å². The van der Waals surface area contributed by atoms with Crippen LogP contribution >= 0.6 is 23.1 Å². The van der Waals surface area contributed by atoms with E-state index in [2.05, 4.69) is 21.5 Å². The molecule has 0 aliphatic heterocycles. The smallest absolute Gasteiger partial charge is 0.261 e. The van der Waals surface area contributed by atoms with Crippen LogP contribution in [0.4, 0.5) is 5.69 Å². The number of nitrogens with zero attached hydrogens (tertiary/aromatic N) is 2. The summed E-state index contributed by atoms with van der Waals surface area (Å²) in [5.41, 5.74) is 3.81. The molecular weight excluding hydrogens is 406 g/mol. The van der Waals surface area contributed by atoms with Crippen molar-refractivity contribution in [3.05, 3.63) is 65.0 Å². The van der Waals surface area contributed by atoms with Crippen molar-refractivity contribution in [3.63, 3.8) is 0 Å². The molecule has 0 aliphatic rings. The molecule has 0 fully saturated rings. The van der Waals surface area contributed by atoms with Crippen molar-refractivity contribution in [2.75, 3.05) is 12.4 Å². The van der Waals surface area contributed by atoms with Crippen LogP contribution in [0.1, 0.15) is 27.4 Å². The van der Waals surface area contributed by atoms with Crippen LogP contribution in [-0.4, -0.2) is 23.2 Å². The second-order valence-electron chi connectivity index (χ2n) is 6.42. The van der Waals surface area contributed by atoms with Gasteiger partial charge < -0.3 is 14.6 Å². The first-order chi connectivity index (χ1) is 14.0. The van der Waals surface area contributed by atoms with Crippen LogP contribution in [0.2, 0.25) is 0 Å². The molecular formula is C21H19N3O3S2. The van der Waals surface area contributed by atoms with Gasteiger partial charge in [-0.25, -0.2) is 4.98 Å². The Morgan fingerprint density at radius 2 is 2.07 bits per heavy atom. The van der Waals surface area contributed by atoms with Gasteiger partial charge in [0.05, 0.1) is 23.0 Å². The Balaban J connectivity index is 1.50. The lowest BCUT2D eigenvalue weighted by molar-refractivity contribution is 0.102. The SMILES string of the molecule is COc1ccccc1CSc1nc2ccc(NC(=O)c3c(C)noc3C)cc2s1. The van der Waals surface area contributed by atoms with E-state index in [-0.39, 0.29) is 5.91 Å². The van der Waals surface area contributed by atoms with Gasteiger partial charge in [0.15, 0.2) is 4.34 Å². The molecule has 2 aromatic heterocycles. The minimum atomic E-state index is -0.226. The predicted molar refractivity (Wildman–Crippen MR) is 116 cm³/mol. The van der Waals surface area contributed by atoms with E-state index < -0.39 is 0 Å². The molecule has 8 heteroatoms. The molecule has 29 heavy (non-hydrogen) atoms. The van der Waals surface area contributed by atoms with E-state index in [0.717, 1.165) is 31.6 Å². The van der Waals surface area contributed by atoms with Crippen molar-refractivity contribution in [1.82, 2.24) is 10.1 Å². The lowest BCUT2D eigenvalue weighted by atomic mass is 10.2. The fourth-order valence-corrected chi connectivity index (χ4v) is 5.10. The van der Waals surface area contributed by atoms with Crippen molar-refractivity contribution in [1.29, 1.82) is 0 Å². The number of anilines is 1. The molecule has 2 aromatic carbocycles. The van der Waals surface area contributed by atoms with Crippen LogP contribution in [0.5, 0.6) is 5.75 Å². The summed E-state index contributed by atoms with van der Waals surface area (Å²) >= 11 is 3.27. The maximum atomic E-state index is 12.5. The van der Waals surface area contributed by atoms with Gasteiger partial charge in [0.1, 0.15) is 17.1 Å². The molecule has 1 N–H and O–H groups in total. The topological polar surface area (TPSA) is 77.2 Å². The number of hydrogen-bond donors (Lipinski definition) is 1. The van der Waals surface area contributed by atoms with Crippen LogP contribution in [0.25, 0.3) is 10.2 Å². The molecule has 4 aromatic rings. The third kappa shape index (κ3) is 4.13. The number of thioether (sulfide) groups is 1. The van der Waals surface area contributed by atoms with Crippen molar-refractivity contribution in [3.8, 4) is 5.75 Å². The van der Waals surface area contributed by atoms with Gasteiger partial charge in [-0.3, -0.25) is 4.79 Å². The van der Waals surface area contributed by atoms with Crippen LogP contribution in [-0.2, 0) is 5.75 Å². The van der Waals surface area contributed by atoms with Crippen LogP contribution in [0.15, 0.2) is 51.3 Å². The van der Waals surface area contributed by atoms with Crippen LogP contribution in [0.3, 0.4) is 0 Å². The Bertz CT molecular complexity index is 1160. The van der Waals surface area contributed by atoms with Gasteiger partial charge in [-0.15, -0.1) is 11.3 Å². The third-order valence-electron chi connectivity index (χ3n) is 4.43. The highest BCUT2D eigenvalue weighted by molar-refractivity contribution is 8.00. The summed E-state index contributed by atoms with van der Waals surface area (Å²) in [7, 11) is 1.68. The first-order valence-corrected chi connectivity index (χ1v) is 10.7. The zero-order valence-corrected chi connectivity index (χ0v) is 17.8. The highest BCUT2D eigenvalue weighted by atomic mass is 32.2. The Kier molecular flexibility index (Phi) is 5.55. The molecule has 6 nitrogen and oxygen atoms in total. The van der Waals surface area contributed by atoms with Gasteiger partial charge in [-0.1, -0.05) is 35.1 Å². The van der Waals surface area contributed by atoms with Gasteiger partial charge in [0.25, 0.3) is 5.91 Å². The Morgan fingerprint density at radius 3 is 2.83 bits per heavy atom. The highest BCUT2D eigenvalue weighted by Gasteiger charge is 2.18. The molecule has 4 rings (SSSR count). The number of thiazole rings is 1. The first kappa shape index (κ1) is 19.5. The van der Waals surface area contributed by atoms with E-state index in [1.165, 1.54) is 0 Å². The lowest BCUT2D eigenvalue weighted by Gasteiger charge is -2.06. The van der Waals surface area contributed by atoms with Crippen LogP contribution < -0.4 is 10.1 Å². The summed E-state index contributed by atoms with van der Waals surface area (Å²) in [5, 5.41) is 6.75. The number of carbonyl (C=O) groups excluding carboxylic acids is 1. The van der Waals surface area contributed by atoms with Crippen molar-refractivity contribution < 1.29 is 14.1 Å². The quantitative estimate of drug-likeness (QED) is 0.414. The molecule has 148 valence electrons. The molecule has 0 aliphatic carbocycles. The second kappa shape index (κ2) is 8.26. The fraction of sp³-hybridized carbons (Fsp3) is 0.190. The summed E-state index contributed by atoms with van der Waals surface area (Å²) in [6.45, 7) is 3.48. The van der Waals surface area contributed by atoms with E-state index in [0.29, 0.717) is 22.7 Å². The summed E-state index contributed by atoms with van der Waals surface area (Å²) in [4.78, 5) is 17.2. The van der Waals surface area contributed by atoms with Crippen LogP contribution in [0, 0.1) is 13.8 Å². The Labute approximate surface area is 176 Å². The maximum absolute atomic E-state index is 12.5. The molecule has 0 unspecified atom stereocenters. The van der Waals surface area contributed by atoms with E-state index in [4.69, 9.17) is 9.26 Å². The second-order valence-corrected chi connectivity index (χ2v) is 8.67. The number of aromatic nitrogens is 2. The average molecular weight is 426 g/mol. The van der Waals surface area contributed by atoms with Gasteiger partial charge in [0, 0.05) is 17.0 Å². The summed E-state index contributed by atoms with van der Waals surface area (Å²) in [6, 6.07) is 13.7. The number of hydrogen-bond acceptors (Lipinski definition) is 7. The first-order valence-electron chi connectivity index (χ1n) is 8.94. The monoisotopic (exact) mass is 425 g/mol. The number of nitrogens with one attached hydrogen (secondary N) is 1. The molecule has 2 heterocycles. The zero-order valence-electron chi connectivity index (χ0n) is 16.2. The molecule has 0 atom stereocenters. The number of methoxy groups -OCH3 is 1. The molecule has 0 bridgehead atoms. The van der Waals surface area contributed by atoms with Gasteiger partial charge >= 0.3 is 0 Å². The van der Waals surface area contributed by atoms with E-state index in [1.807, 2.05) is 36.4 Å². The lowest BCUT2D eigenvalue weighted by Crippen LogP contribution is -2.13. The summed E-state index contributed by atoms with van der Waals surface area (Å²) in [6.07, 6.45) is 0.